The van der Waals surface area contributed by atoms with Gasteiger partial charge in [0.05, 0.1) is 12.0 Å². The van der Waals surface area contributed by atoms with E-state index >= 15 is 0 Å². The highest BCUT2D eigenvalue weighted by molar-refractivity contribution is 7.89. The van der Waals surface area contributed by atoms with E-state index in [0.717, 1.165) is 31.2 Å². The first-order chi connectivity index (χ1) is 15.9. The van der Waals surface area contributed by atoms with Gasteiger partial charge in [0.15, 0.2) is 6.61 Å². The highest BCUT2D eigenvalue weighted by atomic mass is 32.2. The number of hydrogen-bond donors (Lipinski definition) is 1. The van der Waals surface area contributed by atoms with E-state index in [9.17, 15) is 18.0 Å². The number of carbonyl (C=O) groups is 2. The average Bonchev–Trinajstić information content (AvgIpc) is 3.12. The molecule has 0 spiro atoms. The fraction of sp³-hybridized carbons (Fsp3) is 0.333. The molecule has 1 heterocycles. The molecule has 2 aromatic rings. The van der Waals surface area contributed by atoms with Crippen molar-refractivity contribution >= 4 is 33.7 Å². The zero-order valence-corrected chi connectivity index (χ0v) is 19.3. The number of benzene rings is 2. The molecular weight excluding hydrogens is 444 g/mol. The second-order valence-corrected chi connectivity index (χ2v) is 9.55. The summed E-state index contributed by atoms with van der Waals surface area (Å²) in [6, 6.07) is 13.2. The summed E-state index contributed by atoms with van der Waals surface area (Å²) in [7, 11) is -2.06. The normalized spacial score (nSPS) is 15.1. The van der Waals surface area contributed by atoms with Crippen LogP contribution in [0.5, 0.6) is 5.75 Å². The monoisotopic (exact) mass is 472 g/mol. The molecule has 0 atom stereocenters. The van der Waals surface area contributed by atoms with Crippen LogP contribution in [0.15, 0.2) is 59.5 Å². The van der Waals surface area contributed by atoms with Crippen molar-refractivity contribution in [3.8, 4) is 5.75 Å². The molecule has 1 saturated heterocycles. The van der Waals surface area contributed by atoms with E-state index in [1.54, 1.807) is 49.6 Å². The molecule has 0 aliphatic carbocycles. The van der Waals surface area contributed by atoms with Gasteiger partial charge in [-0.2, -0.15) is 4.31 Å². The van der Waals surface area contributed by atoms with Crippen LogP contribution in [0.25, 0.3) is 6.08 Å². The van der Waals surface area contributed by atoms with Gasteiger partial charge in [0.25, 0.3) is 5.91 Å². The van der Waals surface area contributed by atoms with Gasteiger partial charge < -0.3 is 14.8 Å². The molecule has 33 heavy (non-hydrogen) atoms. The van der Waals surface area contributed by atoms with Crippen molar-refractivity contribution in [1.29, 1.82) is 0 Å². The Kier molecular flexibility index (Phi) is 8.62. The molecule has 3 rings (SSSR count). The predicted octanol–water partition coefficient (Wildman–Crippen LogP) is 3.46. The molecular formula is C24H28N2O6S. The molecule has 1 aliphatic heterocycles. The smallest absolute Gasteiger partial charge is 0.331 e. The van der Waals surface area contributed by atoms with Crippen LogP contribution >= 0.6 is 0 Å². The van der Waals surface area contributed by atoms with Crippen LogP contribution in [-0.4, -0.2) is 51.4 Å². The predicted molar refractivity (Wildman–Crippen MR) is 125 cm³/mol. The largest absolute Gasteiger partial charge is 0.497 e. The second kappa shape index (κ2) is 11.6. The van der Waals surface area contributed by atoms with Crippen LogP contribution in [0.3, 0.4) is 0 Å². The Bertz CT molecular complexity index is 1090. The lowest BCUT2D eigenvalue weighted by atomic mass is 10.2. The van der Waals surface area contributed by atoms with Gasteiger partial charge in [-0.15, -0.1) is 0 Å². The highest BCUT2D eigenvalue weighted by Crippen LogP contribution is 2.22. The number of nitrogens with zero attached hydrogens (tertiary/aromatic N) is 1. The van der Waals surface area contributed by atoms with Crippen LogP contribution < -0.4 is 10.1 Å². The first kappa shape index (κ1) is 24.5. The zero-order valence-electron chi connectivity index (χ0n) is 18.5. The number of rotatable bonds is 8. The number of carbonyl (C=O) groups excluding carboxylic acids is 2. The van der Waals surface area contributed by atoms with Gasteiger partial charge in [-0.3, -0.25) is 4.79 Å². The number of nitrogens with one attached hydrogen (secondary N) is 1. The van der Waals surface area contributed by atoms with Crippen molar-refractivity contribution < 1.29 is 27.5 Å². The van der Waals surface area contributed by atoms with Crippen LogP contribution in [0.1, 0.15) is 31.2 Å². The summed E-state index contributed by atoms with van der Waals surface area (Å²) >= 11 is 0. The fourth-order valence-electron chi connectivity index (χ4n) is 3.43. The van der Waals surface area contributed by atoms with Crippen molar-refractivity contribution in [3.05, 3.63) is 60.2 Å². The lowest BCUT2D eigenvalue weighted by molar-refractivity contribution is -0.142. The minimum absolute atomic E-state index is 0.126. The molecule has 0 aromatic heterocycles. The summed E-state index contributed by atoms with van der Waals surface area (Å²) in [5.74, 6) is -0.529. The molecule has 1 N–H and O–H groups in total. The van der Waals surface area contributed by atoms with Gasteiger partial charge in [-0.1, -0.05) is 31.0 Å². The van der Waals surface area contributed by atoms with E-state index in [1.165, 1.54) is 22.5 Å². The third kappa shape index (κ3) is 7.16. The standard InChI is InChI=1S/C24H28N2O6S/c1-31-21-12-9-19(10-13-21)11-14-24(28)32-18-23(27)25-20-7-6-8-22(17-20)33(29,30)26-15-4-2-3-5-16-26/h6-14,17H,2-5,15-16,18H2,1H3,(H,25,27)/b14-11+. The molecule has 0 bridgehead atoms. The Morgan fingerprint density at radius 1 is 1.03 bits per heavy atom. The van der Waals surface area contributed by atoms with Gasteiger partial charge in [-0.05, 0) is 54.8 Å². The Hall–Kier alpha value is -3.17. The first-order valence-electron chi connectivity index (χ1n) is 10.8. The van der Waals surface area contributed by atoms with Crippen molar-refractivity contribution in [2.75, 3.05) is 32.1 Å². The Morgan fingerprint density at radius 2 is 1.73 bits per heavy atom. The fourth-order valence-corrected chi connectivity index (χ4v) is 4.99. The lowest BCUT2D eigenvalue weighted by Crippen LogP contribution is -2.32. The summed E-state index contributed by atoms with van der Waals surface area (Å²) in [5.41, 5.74) is 1.10. The summed E-state index contributed by atoms with van der Waals surface area (Å²) in [4.78, 5) is 24.2. The summed E-state index contributed by atoms with van der Waals surface area (Å²) in [6.07, 6.45) is 6.52. The van der Waals surface area contributed by atoms with E-state index in [4.69, 9.17) is 9.47 Å². The SMILES string of the molecule is COc1ccc(/C=C/C(=O)OCC(=O)Nc2cccc(S(=O)(=O)N3CCCCCC3)c2)cc1. The number of esters is 1. The van der Waals surface area contributed by atoms with E-state index in [0.29, 0.717) is 24.5 Å². The molecule has 8 nitrogen and oxygen atoms in total. The number of amides is 1. The minimum atomic E-state index is -3.63. The summed E-state index contributed by atoms with van der Waals surface area (Å²) < 4.78 is 37.4. The molecule has 176 valence electrons. The van der Waals surface area contributed by atoms with Gasteiger partial charge >= 0.3 is 5.97 Å². The number of ether oxygens (including phenoxy) is 2. The quantitative estimate of drug-likeness (QED) is 0.466. The average molecular weight is 473 g/mol. The first-order valence-corrected chi connectivity index (χ1v) is 12.2. The maximum absolute atomic E-state index is 12.9. The maximum atomic E-state index is 12.9. The Labute approximate surface area is 194 Å². The number of methoxy groups -OCH3 is 1. The van der Waals surface area contributed by atoms with Crippen LogP contribution in [0.2, 0.25) is 0 Å². The lowest BCUT2D eigenvalue weighted by Gasteiger charge is -2.20. The number of hydrogen-bond acceptors (Lipinski definition) is 6. The van der Waals surface area contributed by atoms with E-state index < -0.39 is 28.5 Å². The molecule has 0 radical (unpaired) electrons. The molecule has 1 fully saturated rings. The zero-order chi connectivity index (χ0) is 23.7. The van der Waals surface area contributed by atoms with E-state index in [2.05, 4.69) is 5.32 Å². The Balaban J connectivity index is 1.53. The van der Waals surface area contributed by atoms with Crippen molar-refractivity contribution in [2.24, 2.45) is 0 Å². The second-order valence-electron chi connectivity index (χ2n) is 7.61. The summed E-state index contributed by atoms with van der Waals surface area (Å²) in [6.45, 7) is 0.507. The van der Waals surface area contributed by atoms with Crippen molar-refractivity contribution in [2.45, 2.75) is 30.6 Å². The van der Waals surface area contributed by atoms with Gasteiger partial charge in [0.1, 0.15) is 5.75 Å². The maximum Gasteiger partial charge on any atom is 0.331 e. The topological polar surface area (TPSA) is 102 Å². The Morgan fingerprint density at radius 3 is 2.39 bits per heavy atom. The third-order valence-corrected chi connectivity index (χ3v) is 7.09. The molecule has 0 saturated carbocycles. The highest BCUT2D eigenvalue weighted by Gasteiger charge is 2.25. The minimum Gasteiger partial charge on any atom is -0.497 e. The van der Waals surface area contributed by atoms with Crippen molar-refractivity contribution in [3.63, 3.8) is 0 Å². The van der Waals surface area contributed by atoms with Crippen LogP contribution in [-0.2, 0) is 24.3 Å². The van der Waals surface area contributed by atoms with E-state index in [-0.39, 0.29) is 4.90 Å². The molecule has 1 amide bonds. The summed E-state index contributed by atoms with van der Waals surface area (Å²) in [5, 5.41) is 2.57. The molecule has 0 unspecified atom stereocenters. The van der Waals surface area contributed by atoms with Gasteiger partial charge in [-0.25, -0.2) is 13.2 Å². The van der Waals surface area contributed by atoms with Crippen LogP contribution in [0, 0.1) is 0 Å². The molecule has 1 aliphatic rings. The number of anilines is 1. The van der Waals surface area contributed by atoms with Gasteiger partial charge in [0.2, 0.25) is 10.0 Å². The number of sulfonamides is 1. The van der Waals surface area contributed by atoms with E-state index in [1.807, 2.05) is 0 Å². The van der Waals surface area contributed by atoms with Gasteiger partial charge in [0, 0.05) is 24.9 Å². The van der Waals surface area contributed by atoms with Crippen LogP contribution in [0.4, 0.5) is 5.69 Å². The molecule has 2 aromatic carbocycles. The third-order valence-electron chi connectivity index (χ3n) is 5.19. The van der Waals surface area contributed by atoms with Crippen molar-refractivity contribution in [1.82, 2.24) is 4.31 Å². The molecule has 9 heteroatoms.